The van der Waals surface area contributed by atoms with Gasteiger partial charge in [0.05, 0.1) is 28.4 Å². The molecule has 0 aliphatic carbocycles. The molecule has 9 heteroatoms. The number of benzene rings is 1. The molecule has 0 saturated carbocycles. The first-order valence-corrected chi connectivity index (χ1v) is 9.61. The molecule has 0 spiro atoms. The molecule has 1 aromatic heterocycles. The molecule has 8 nitrogen and oxygen atoms in total. The molecule has 0 aliphatic heterocycles. The highest BCUT2D eigenvalue weighted by Gasteiger charge is 2.19. The van der Waals surface area contributed by atoms with E-state index in [2.05, 4.69) is 4.98 Å². The number of aromatic nitrogens is 2. The van der Waals surface area contributed by atoms with Crippen LogP contribution in [0.15, 0.2) is 23.1 Å². The van der Waals surface area contributed by atoms with Gasteiger partial charge in [-0.15, -0.1) is 0 Å². The lowest BCUT2D eigenvalue weighted by Crippen LogP contribution is -2.27. The van der Waals surface area contributed by atoms with Crippen LogP contribution in [0.25, 0.3) is 11.0 Å². The van der Waals surface area contributed by atoms with Crippen molar-refractivity contribution < 1.29 is 13.2 Å². The Balaban J connectivity index is 2.21. The number of hydrogen-bond acceptors (Lipinski definition) is 5. The zero-order valence-corrected chi connectivity index (χ0v) is 16.2. The van der Waals surface area contributed by atoms with Crippen LogP contribution in [0, 0.1) is 11.3 Å². The molecule has 1 aromatic carbocycles. The molecule has 0 N–H and O–H groups in total. The molecule has 0 fully saturated rings. The first-order chi connectivity index (χ1) is 12.2. The van der Waals surface area contributed by atoms with Crippen molar-refractivity contribution in [2.24, 2.45) is 7.05 Å². The number of carbonyl (C=O) groups excluding carboxylic acids is 1. The van der Waals surface area contributed by atoms with Gasteiger partial charge in [-0.25, -0.2) is 17.7 Å². The molecule has 0 aliphatic rings. The lowest BCUT2D eigenvalue weighted by atomic mass is 10.2. The number of fused-ring (bicyclic) bond motifs is 1. The predicted molar refractivity (Wildman–Crippen MR) is 97.8 cm³/mol. The van der Waals surface area contributed by atoms with Crippen molar-refractivity contribution in [3.05, 3.63) is 24.0 Å². The number of carbonyl (C=O) groups is 1. The van der Waals surface area contributed by atoms with Crippen LogP contribution < -0.4 is 0 Å². The lowest BCUT2D eigenvalue weighted by molar-refractivity contribution is -0.129. The van der Waals surface area contributed by atoms with Crippen LogP contribution in [0.4, 0.5) is 0 Å². The van der Waals surface area contributed by atoms with Crippen molar-refractivity contribution in [3.63, 3.8) is 0 Å². The molecular formula is C17H23N5O3S. The smallest absolute Gasteiger partial charge is 0.242 e. The minimum absolute atomic E-state index is 0.0526. The zero-order chi connectivity index (χ0) is 19.5. The highest BCUT2D eigenvalue weighted by Crippen LogP contribution is 2.22. The van der Waals surface area contributed by atoms with E-state index in [4.69, 9.17) is 5.26 Å². The number of amides is 1. The minimum atomic E-state index is -3.52. The Morgan fingerprint density at radius 1 is 1.31 bits per heavy atom. The molecule has 0 bridgehead atoms. The van der Waals surface area contributed by atoms with Crippen molar-refractivity contribution >= 4 is 27.0 Å². The van der Waals surface area contributed by atoms with Crippen LogP contribution in [0.5, 0.6) is 0 Å². The van der Waals surface area contributed by atoms with Crippen LogP contribution in [0.2, 0.25) is 0 Å². The van der Waals surface area contributed by atoms with Crippen molar-refractivity contribution in [1.82, 2.24) is 18.8 Å². The second-order valence-electron chi connectivity index (χ2n) is 6.25. The average molecular weight is 377 g/mol. The SMILES string of the molecule is CN(CCC#N)C(=O)CCc1nc2cc(S(=O)(=O)N(C)C)ccc2n1C. The second kappa shape index (κ2) is 7.85. The molecule has 1 amide bonds. The number of imidazole rings is 1. The maximum Gasteiger partial charge on any atom is 0.242 e. The summed E-state index contributed by atoms with van der Waals surface area (Å²) in [6.07, 6.45) is 1.02. The minimum Gasteiger partial charge on any atom is -0.345 e. The number of nitrogens with zero attached hydrogens (tertiary/aromatic N) is 5. The topological polar surface area (TPSA) is 99.3 Å². The highest BCUT2D eigenvalue weighted by molar-refractivity contribution is 7.89. The van der Waals surface area contributed by atoms with E-state index in [-0.39, 0.29) is 17.2 Å². The Hall–Kier alpha value is -2.44. The van der Waals surface area contributed by atoms with Crippen LogP contribution in [-0.2, 0) is 28.3 Å². The molecule has 1 heterocycles. The largest absolute Gasteiger partial charge is 0.345 e. The van der Waals surface area contributed by atoms with E-state index in [9.17, 15) is 13.2 Å². The predicted octanol–water partition coefficient (Wildman–Crippen LogP) is 1.13. The van der Waals surface area contributed by atoms with E-state index in [1.54, 1.807) is 25.2 Å². The Bertz CT molecular complexity index is 957. The van der Waals surface area contributed by atoms with Crippen LogP contribution in [-0.4, -0.2) is 60.8 Å². The first kappa shape index (κ1) is 19.9. The number of rotatable bonds is 7. The van der Waals surface area contributed by atoms with E-state index in [0.717, 1.165) is 9.82 Å². The van der Waals surface area contributed by atoms with Gasteiger partial charge in [0.2, 0.25) is 15.9 Å². The molecular weight excluding hydrogens is 354 g/mol. The number of hydrogen-bond donors (Lipinski definition) is 0. The van der Waals surface area contributed by atoms with Gasteiger partial charge in [0.15, 0.2) is 0 Å². The normalized spacial score (nSPS) is 11.7. The van der Waals surface area contributed by atoms with Gasteiger partial charge in [0.25, 0.3) is 0 Å². The summed E-state index contributed by atoms with van der Waals surface area (Å²) in [6.45, 7) is 0.406. The monoisotopic (exact) mass is 377 g/mol. The zero-order valence-electron chi connectivity index (χ0n) is 15.4. The standard InChI is InChI=1S/C17H23N5O3S/c1-20(2)26(24,25)13-6-7-15-14(12-13)19-16(22(15)4)8-9-17(23)21(3)11-5-10-18/h6-7,12H,5,8-9,11H2,1-4H3. The van der Waals surface area contributed by atoms with Crippen LogP contribution in [0.3, 0.4) is 0 Å². The van der Waals surface area contributed by atoms with E-state index >= 15 is 0 Å². The van der Waals surface area contributed by atoms with Gasteiger partial charge in [0, 0.05) is 47.6 Å². The summed E-state index contributed by atoms with van der Waals surface area (Å²) in [5.41, 5.74) is 1.39. The Morgan fingerprint density at radius 3 is 2.62 bits per heavy atom. The Morgan fingerprint density at radius 2 is 2.00 bits per heavy atom. The third kappa shape index (κ3) is 4.03. The lowest BCUT2D eigenvalue weighted by Gasteiger charge is -2.15. The fraction of sp³-hybridized carbons (Fsp3) is 0.471. The summed E-state index contributed by atoms with van der Waals surface area (Å²) < 4.78 is 27.5. The van der Waals surface area contributed by atoms with Crippen molar-refractivity contribution in [1.29, 1.82) is 5.26 Å². The third-order valence-electron chi connectivity index (χ3n) is 4.27. The van der Waals surface area contributed by atoms with Crippen molar-refractivity contribution in [2.75, 3.05) is 27.7 Å². The van der Waals surface area contributed by atoms with Gasteiger partial charge in [-0.2, -0.15) is 5.26 Å². The molecule has 0 atom stereocenters. The van der Waals surface area contributed by atoms with Gasteiger partial charge >= 0.3 is 0 Å². The van der Waals surface area contributed by atoms with Crippen molar-refractivity contribution in [2.45, 2.75) is 24.2 Å². The van der Waals surface area contributed by atoms with Gasteiger partial charge in [-0.1, -0.05) is 0 Å². The molecule has 26 heavy (non-hydrogen) atoms. The number of aryl methyl sites for hydroxylation is 2. The summed E-state index contributed by atoms with van der Waals surface area (Å²) in [7, 11) is 2.96. The van der Waals surface area contributed by atoms with E-state index in [1.165, 1.54) is 19.0 Å². The van der Waals surface area contributed by atoms with Crippen LogP contribution >= 0.6 is 0 Å². The Kier molecular flexibility index (Phi) is 6.00. The van der Waals surface area contributed by atoms with Gasteiger partial charge in [0.1, 0.15) is 5.82 Å². The van der Waals surface area contributed by atoms with Crippen LogP contribution in [0.1, 0.15) is 18.7 Å². The summed E-state index contributed by atoms with van der Waals surface area (Å²) >= 11 is 0. The quantitative estimate of drug-likeness (QED) is 0.720. The summed E-state index contributed by atoms with van der Waals surface area (Å²) in [6, 6.07) is 6.85. The third-order valence-corrected chi connectivity index (χ3v) is 6.08. The summed E-state index contributed by atoms with van der Waals surface area (Å²) in [5, 5.41) is 8.59. The van der Waals surface area contributed by atoms with Crippen molar-refractivity contribution in [3.8, 4) is 6.07 Å². The summed E-state index contributed by atoms with van der Waals surface area (Å²) in [4.78, 5) is 18.3. The second-order valence-corrected chi connectivity index (χ2v) is 8.40. The first-order valence-electron chi connectivity index (χ1n) is 8.17. The number of nitriles is 1. The molecule has 0 unspecified atom stereocenters. The maximum absolute atomic E-state index is 12.3. The number of sulfonamides is 1. The average Bonchev–Trinajstić information content (AvgIpc) is 2.92. The maximum atomic E-state index is 12.3. The van der Waals surface area contributed by atoms with Gasteiger partial charge < -0.3 is 9.47 Å². The molecule has 140 valence electrons. The molecule has 2 rings (SSSR count). The fourth-order valence-corrected chi connectivity index (χ4v) is 3.50. The molecule has 2 aromatic rings. The van der Waals surface area contributed by atoms with Gasteiger partial charge in [-0.05, 0) is 18.2 Å². The molecule has 0 saturated heterocycles. The highest BCUT2D eigenvalue weighted by atomic mass is 32.2. The fourth-order valence-electron chi connectivity index (χ4n) is 2.58. The Labute approximate surface area is 153 Å². The summed E-state index contributed by atoms with van der Waals surface area (Å²) in [5.74, 6) is 0.657. The van der Waals surface area contributed by atoms with E-state index in [1.807, 2.05) is 17.7 Å². The molecule has 0 radical (unpaired) electrons. The van der Waals surface area contributed by atoms with E-state index in [0.29, 0.717) is 30.7 Å². The van der Waals surface area contributed by atoms with E-state index < -0.39 is 10.0 Å². The van der Waals surface area contributed by atoms with Gasteiger partial charge in [-0.3, -0.25) is 4.79 Å².